The molecule has 0 aromatic heterocycles. The summed E-state index contributed by atoms with van der Waals surface area (Å²) in [6.07, 6.45) is 3.78. The van der Waals surface area contributed by atoms with E-state index in [2.05, 4.69) is 42.9 Å². The Morgan fingerprint density at radius 2 is 1.81 bits per heavy atom. The van der Waals surface area contributed by atoms with E-state index in [1.54, 1.807) is 14.2 Å². The SMILES string of the molecule is C=CN=CN.CCC(C)NC.COc1ccc(OC)c(-c2ccccc2)c1. The van der Waals surface area contributed by atoms with Crippen LogP contribution in [0.1, 0.15) is 20.3 Å². The third-order valence-corrected chi connectivity index (χ3v) is 3.79. The van der Waals surface area contributed by atoms with E-state index in [0.717, 1.165) is 22.6 Å². The van der Waals surface area contributed by atoms with Gasteiger partial charge in [0.25, 0.3) is 0 Å². The van der Waals surface area contributed by atoms with Crippen LogP contribution in [0.4, 0.5) is 0 Å². The maximum Gasteiger partial charge on any atom is 0.126 e. The normalized spacial score (nSPS) is 10.7. The van der Waals surface area contributed by atoms with Crippen molar-refractivity contribution < 1.29 is 9.47 Å². The van der Waals surface area contributed by atoms with Gasteiger partial charge in [-0.2, -0.15) is 0 Å². The van der Waals surface area contributed by atoms with Crippen molar-refractivity contribution in [3.63, 3.8) is 0 Å². The fraction of sp³-hybridized carbons (Fsp3) is 0.318. The monoisotopic (exact) mass is 371 g/mol. The summed E-state index contributed by atoms with van der Waals surface area (Å²) in [4.78, 5) is 3.39. The number of nitrogens with one attached hydrogen (secondary N) is 1. The van der Waals surface area contributed by atoms with Crippen molar-refractivity contribution in [2.24, 2.45) is 10.7 Å². The van der Waals surface area contributed by atoms with Crippen molar-refractivity contribution in [3.05, 3.63) is 61.3 Å². The lowest BCUT2D eigenvalue weighted by atomic mass is 10.0. The molecule has 0 saturated carbocycles. The van der Waals surface area contributed by atoms with E-state index in [-0.39, 0.29) is 0 Å². The lowest BCUT2D eigenvalue weighted by molar-refractivity contribution is 0.404. The van der Waals surface area contributed by atoms with Gasteiger partial charge >= 0.3 is 0 Å². The Kier molecular flexibility index (Phi) is 13.9. The predicted octanol–water partition coefficient (Wildman–Crippen LogP) is 4.49. The van der Waals surface area contributed by atoms with Gasteiger partial charge in [-0.3, -0.25) is 0 Å². The molecule has 0 saturated heterocycles. The van der Waals surface area contributed by atoms with Crippen molar-refractivity contribution in [2.75, 3.05) is 21.3 Å². The average molecular weight is 372 g/mol. The highest BCUT2D eigenvalue weighted by molar-refractivity contribution is 5.71. The Labute approximate surface area is 163 Å². The Bertz CT molecular complexity index is 654. The molecule has 0 aliphatic heterocycles. The zero-order valence-corrected chi connectivity index (χ0v) is 17.1. The molecule has 27 heavy (non-hydrogen) atoms. The molecule has 0 radical (unpaired) electrons. The minimum atomic E-state index is 0.685. The number of benzene rings is 2. The second-order valence-electron chi connectivity index (χ2n) is 5.51. The second-order valence-corrected chi connectivity index (χ2v) is 5.51. The van der Waals surface area contributed by atoms with E-state index in [0.29, 0.717) is 6.04 Å². The van der Waals surface area contributed by atoms with Gasteiger partial charge in [-0.1, -0.05) is 43.8 Å². The molecule has 3 N–H and O–H groups in total. The van der Waals surface area contributed by atoms with Crippen LogP contribution >= 0.6 is 0 Å². The highest BCUT2D eigenvalue weighted by atomic mass is 16.5. The third-order valence-electron chi connectivity index (χ3n) is 3.79. The molecular weight excluding hydrogens is 338 g/mol. The molecule has 0 fully saturated rings. The number of methoxy groups -OCH3 is 2. The first-order valence-electron chi connectivity index (χ1n) is 8.86. The van der Waals surface area contributed by atoms with Gasteiger partial charge in [-0.05, 0) is 44.2 Å². The van der Waals surface area contributed by atoms with E-state index >= 15 is 0 Å². The largest absolute Gasteiger partial charge is 0.497 e. The van der Waals surface area contributed by atoms with Crippen molar-refractivity contribution in [1.29, 1.82) is 0 Å². The third kappa shape index (κ3) is 10.1. The zero-order chi connectivity index (χ0) is 20.5. The fourth-order valence-corrected chi connectivity index (χ4v) is 1.92. The Hall–Kier alpha value is -2.79. The summed E-state index contributed by atoms with van der Waals surface area (Å²) in [7, 11) is 5.32. The summed E-state index contributed by atoms with van der Waals surface area (Å²) in [5.41, 5.74) is 6.94. The summed E-state index contributed by atoms with van der Waals surface area (Å²) in [5.74, 6) is 1.69. The number of nitrogens with zero attached hydrogens (tertiary/aromatic N) is 1. The molecule has 0 heterocycles. The van der Waals surface area contributed by atoms with Gasteiger partial charge in [0, 0.05) is 17.8 Å². The maximum absolute atomic E-state index is 5.34. The van der Waals surface area contributed by atoms with E-state index < -0.39 is 0 Å². The summed E-state index contributed by atoms with van der Waals surface area (Å²) in [5, 5.41) is 3.11. The molecule has 0 bridgehead atoms. The molecule has 2 aromatic carbocycles. The lowest BCUT2D eigenvalue weighted by Crippen LogP contribution is -2.19. The first-order chi connectivity index (χ1) is 13.1. The van der Waals surface area contributed by atoms with Crippen LogP contribution in [0.2, 0.25) is 0 Å². The van der Waals surface area contributed by atoms with E-state index in [4.69, 9.17) is 15.2 Å². The highest BCUT2D eigenvalue weighted by Gasteiger charge is 2.06. The number of hydrogen-bond acceptors (Lipinski definition) is 4. The van der Waals surface area contributed by atoms with Crippen LogP contribution in [-0.2, 0) is 0 Å². The van der Waals surface area contributed by atoms with E-state index in [9.17, 15) is 0 Å². The molecule has 2 rings (SSSR count). The van der Waals surface area contributed by atoms with Crippen LogP contribution in [0.15, 0.2) is 66.3 Å². The van der Waals surface area contributed by atoms with Crippen LogP contribution in [0, 0.1) is 0 Å². The molecule has 0 amide bonds. The van der Waals surface area contributed by atoms with Gasteiger partial charge in [0.15, 0.2) is 0 Å². The van der Waals surface area contributed by atoms with Crippen molar-refractivity contribution in [1.82, 2.24) is 5.32 Å². The molecule has 5 heteroatoms. The van der Waals surface area contributed by atoms with Gasteiger partial charge < -0.3 is 20.5 Å². The van der Waals surface area contributed by atoms with Crippen LogP contribution in [0.3, 0.4) is 0 Å². The minimum Gasteiger partial charge on any atom is -0.497 e. The van der Waals surface area contributed by atoms with E-state index in [1.807, 2.05) is 43.4 Å². The quantitative estimate of drug-likeness (QED) is 0.580. The standard InChI is InChI=1S/C14H14O2.C5H13N.C3H6N2/c1-15-12-8-9-14(16-2)13(10-12)11-6-4-3-5-7-11;1-4-5(2)6-3;1-2-5-3-4/h3-10H,1-2H3;5-6H,4H2,1-3H3;2-3H,1H2,(H2,4,5). The molecule has 1 unspecified atom stereocenters. The van der Waals surface area contributed by atoms with Crippen molar-refractivity contribution in [3.8, 4) is 22.6 Å². The molecule has 0 aliphatic carbocycles. The van der Waals surface area contributed by atoms with Crippen LogP contribution in [0.5, 0.6) is 11.5 Å². The molecule has 0 spiro atoms. The number of ether oxygens (including phenoxy) is 2. The number of aliphatic imine (C=N–C) groups is 1. The first-order valence-corrected chi connectivity index (χ1v) is 8.86. The number of rotatable bonds is 6. The summed E-state index contributed by atoms with van der Waals surface area (Å²) in [6, 6.07) is 16.6. The number of hydrogen-bond donors (Lipinski definition) is 2. The van der Waals surface area contributed by atoms with Crippen molar-refractivity contribution in [2.45, 2.75) is 26.3 Å². The summed E-state index contributed by atoms with van der Waals surface area (Å²) in [6.45, 7) is 7.61. The zero-order valence-electron chi connectivity index (χ0n) is 17.1. The molecular formula is C22H33N3O2. The van der Waals surface area contributed by atoms with Crippen LogP contribution < -0.4 is 20.5 Å². The van der Waals surface area contributed by atoms with Gasteiger partial charge in [0.05, 0.1) is 20.6 Å². The molecule has 2 aromatic rings. The predicted molar refractivity (Wildman–Crippen MR) is 117 cm³/mol. The first kappa shape index (κ1) is 24.2. The molecule has 5 nitrogen and oxygen atoms in total. The Balaban J connectivity index is 0.000000511. The lowest BCUT2D eigenvalue weighted by Gasteiger charge is -2.10. The average Bonchev–Trinajstić information content (AvgIpc) is 2.74. The Morgan fingerprint density at radius 1 is 1.15 bits per heavy atom. The smallest absolute Gasteiger partial charge is 0.126 e. The van der Waals surface area contributed by atoms with E-state index in [1.165, 1.54) is 19.0 Å². The maximum atomic E-state index is 5.34. The second kappa shape index (κ2) is 15.5. The highest BCUT2D eigenvalue weighted by Crippen LogP contribution is 2.32. The molecule has 148 valence electrons. The van der Waals surface area contributed by atoms with Crippen LogP contribution in [0.25, 0.3) is 11.1 Å². The number of nitrogens with two attached hydrogens (primary N) is 1. The minimum absolute atomic E-state index is 0.685. The molecule has 0 aliphatic rings. The van der Waals surface area contributed by atoms with Gasteiger partial charge in [0.2, 0.25) is 0 Å². The molecule has 1 atom stereocenters. The van der Waals surface area contributed by atoms with Gasteiger partial charge in [-0.15, -0.1) is 0 Å². The van der Waals surface area contributed by atoms with Crippen LogP contribution in [-0.4, -0.2) is 33.6 Å². The van der Waals surface area contributed by atoms with Crippen molar-refractivity contribution >= 4 is 6.34 Å². The Morgan fingerprint density at radius 3 is 2.19 bits per heavy atom. The summed E-state index contributed by atoms with van der Waals surface area (Å²) < 4.78 is 10.6. The fourth-order valence-electron chi connectivity index (χ4n) is 1.92. The van der Waals surface area contributed by atoms with Gasteiger partial charge in [0.1, 0.15) is 11.5 Å². The van der Waals surface area contributed by atoms with Gasteiger partial charge in [-0.25, -0.2) is 4.99 Å². The summed E-state index contributed by atoms with van der Waals surface area (Å²) >= 11 is 0. The topological polar surface area (TPSA) is 68.9 Å².